The highest BCUT2D eigenvalue weighted by molar-refractivity contribution is 7.71. The monoisotopic (exact) mass is 254 g/mol. The van der Waals surface area contributed by atoms with Crippen LogP contribution in [0, 0.1) is 11.7 Å². The molecule has 3 nitrogen and oxygen atoms in total. The van der Waals surface area contributed by atoms with Gasteiger partial charge < -0.3 is 9.72 Å². The summed E-state index contributed by atoms with van der Waals surface area (Å²) in [5.74, 6) is 0.736. The SMILES string of the molecule is COc1ccc(Cl)cc1-n1cc(C)[nH]c1=S. The predicted octanol–water partition coefficient (Wildman–Crippen LogP) is 3.51. The van der Waals surface area contributed by atoms with Crippen molar-refractivity contribution in [2.24, 2.45) is 0 Å². The van der Waals surface area contributed by atoms with Crippen molar-refractivity contribution < 1.29 is 4.74 Å². The second kappa shape index (κ2) is 4.31. The highest BCUT2D eigenvalue weighted by atomic mass is 35.5. The molecular formula is C11H11ClN2OS. The van der Waals surface area contributed by atoms with Crippen LogP contribution in [0.2, 0.25) is 5.02 Å². The topological polar surface area (TPSA) is 29.9 Å². The first-order chi connectivity index (χ1) is 7.61. The number of nitrogens with zero attached hydrogens (tertiary/aromatic N) is 1. The standard InChI is InChI=1S/C11H11ClN2OS/c1-7-6-14(11(16)13-7)9-5-8(12)3-4-10(9)15-2/h3-6H,1-2H3,(H,13,16). The summed E-state index contributed by atoms with van der Waals surface area (Å²) in [5.41, 5.74) is 1.83. The van der Waals surface area contributed by atoms with E-state index in [0.717, 1.165) is 17.1 Å². The minimum atomic E-state index is 0.623. The molecule has 1 heterocycles. The molecule has 0 bridgehead atoms. The molecule has 0 spiro atoms. The molecule has 0 fully saturated rings. The van der Waals surface area contributed by atoms with Crippen molar-refractivity contribution in [3.05, 3.63) is 39.9 Å². The van der Waals surface area contributed by atoms with Crippen LogP contribution in [0.15, 0.2) is 24.4 Å². The summed E-state index contributed by atoms with van der Waals surface area (Å²) in [4.78, 5) is 3.06. The second-order valence-electron chi connectivity index (χ2n) is 3.43. The van der Waals surface area contributed by atoms with Crippen LogP contribution in [0.25, 0.3) is 5.69 Å². The maximum Gasteiger partial charge on any atom is 0.182 e. The van der Waals surface area contributed by atoms with Gasteiger partial charge in [0.2, 0.25) is 0 Å². The van der Waals surface area contributed by atoms with Gasteiger partial charge in [0, 0.05) is 16.9 Å². The molecule has 0 amide bonds. The van der Waals surface area contributed by atoms with Gasteiger partial charge in [0.15, 0.2) is 4.77 Å². The fraction of sp³-hybridized carbons (Fsp3) is 0.182. The molecule has 0 aliphatic heterocycles. The van der Waals surface area contributed by atoms with Gasteiger partial charge in [-0.15, -0.1) is 0 Å². The smallest absolute Gasteiger partial charge is 0.182 e. The molecule has 0 aliphatic rings. The number of halogens is 1. The summed E-state index contributed by atoms with van der Waals surface area (Å²) in [6.45, 7) is 1.95. The third-order valence-electron chi connectivity index (χ3n) is 2.25. The normalized spacial score (nSPS) is 10.4. The quantitative estimate of drug-likeness (QED) is 0.832. The van der Waals surface area contributed by atoms with Crippen LogP contribution in [0.4, 0.5) is 0 Å². The molecular weight excluding hydrogens is 244 g/mol. The molecule has 0 atom stereocenters. The van der Waals surface area contributed by atoms with Gasteiger partial charge in [-0.3, -0.25) is 4.57 Å². The van der Waals surface area contributed by atoms with Gasteiger partial charge in [0.1, 0.15) is 5.75 Å². The summed E-state index contributed by atoms with van der Waals surface area (Å²) in [6.07, 6.45) is 1.91. The van der Waals surface area contributed by atoms with Crippen molar-refractivity contribution in [2.45, 2.75) is 6.92 Å². The number of hydrogen-bond acceptors (Lipinski definition) is 2. The molecule has 84 valence electrons. The van der Waals surface area contributed by atoms with E-state index in [1.54, 1.807) is 13.2 Å². The summed E-state index contributed by atoms with van der Waals surface area (Å²) < 4.78 is 7.75. The summed E-state index contributed by atoms with van der Waals surface area (Å²) in [5, 5.41) is 0.650. The first-order valence-electron chi connectivity index (χ1n) is 4.74. The first kappa shape index (κ1) is 11.2. The Hall–Kier alpha value is -1.26. The van der Waals surface area contributed by atoms with Gasteiger partial charge in [-0.1, -0.05) is 11.6 Å². The molecule has 2 aromatic rings. The van der Waals surface area contributed by atoms with Gasteiger partial charge in [-0.05, 0) is 37.3 Å². The van der Waals surface area contributed by atoms with Gasteiger partial charge in [-0.2, -0.15) is 0 Å². The zero-order valence-electron chi connectivity index (χ0n) is 8.95. The van der Waals surface area contributed by atoms with Crippen molar-refractivity contribution in [1.82, 2.24) is 9.55 Å². The van der Waals surface area contributed by atoms with E-state index in [9.17, 15) is 0 Å². The summed E-state index contributed by atoms with van der Waals surface area (Å²) in [6, 6.07) is 5.43. The average molecular weight is 255 g/mol. The number of aromatic amines is 1. The highest BCUT2D eigenvalue weighted by Gasteiger charge is 2.07. The number of methoxy groups -OCH3 is 1. The Bertz CT molecular complexity index is 574. The van der Waals surface area contributed by atoms with Crippen LogP contribution in [0.3, 0.4) is 0 Å². The van der Waals surface area contributed by atoms with Crippen LogP contribution >= 0.6 is 23.8 Å². The highest BCUT2D eigenvalue weighted by Crippen LogP contribution is 2.26. The Morgan fingerprint density at radius 1 is 1.44 bits per heavy atom. The lowest BCUT2D eigenvalue weighted by Gasteiger charge is -2.09. The number of H-pyrrole nitrogens is 1. The van der Waals surface area contributed by atoms with Crippen molar-refractivity contribution in [3.8, 4) is 11.4 Å². The molecule has 1 N–H and O–H groups in total. The van der Waals surface area contributed by atoms with E-state index >= 15 is 0 Å². The Morgan fingerprint density at radius 3 is 2.75 bits per heavy atom. The van der Waals surface area contributed by atoms with Crippen molar-refractivity contribution in [1.29, 1.82) is 0 Å². The second-order valence-corrected chi connectivity index (χ2v) is 4.25. The average Bonchev–Trinajstić information content (AvgIpc) is 2.57. The molecule has 1 aromatic heterocycles. The number of ether oxygens (including phenoxy) is 1. The van der Waals surface area contributed by atoms with E-state index in [4.69, 9.17) is 28.6 Å². The minimum Gasteiger partial charge on any atom is -0.495 e. The predicted molar refractivity (Wildman–Crippen MR) is 67.3 cm³/mol. The largest absolute Gasteiger partial charge is 0.495 e. The molecule has 16 heavy (non-hydrogen) atoms. The van der Waals surface area contributed by atoms with Gasteiger partial charge in [0.05, 0.1) is 12.8 Å². The first-order valence-corrected chi connectivity index (χ1v) is 5.52. The van der Waals surface area contributed by atoms with Crippen LogP contribution in [-0.4, -0.2) is 16.7 Å². The molecule has 2 rings (SSSR count). The lowest BCUT2D eigenvalue weighted by atomic mass is 10.3. The molecule has 0 saturated heterocycles. The maximum absolute atomic E-state index is 5.97. The Balaban J connectivity index is 2.67. The van der Waals surface area contributed by atoms with Gasteiger partial charge in [-0.25, -0.2) is 0 Å². The Morgan fingerprint density at radius 2 is 2.19 bits per heavy atom. The van der Waals surface area contributed by atoms with E-state index in [-0.39, 0.29) is 0 Å². The minimum absolute atomic E-state index is 0.623. The number of imidazole rings is 1. The van der Waals surface area contributed by atoms with Crippen molar-refractivity contribution >= 4 is 23.8 Å². The number of hydrogen-bond donors (Lipinski definition) is 1. The number of rotatable bonds is 2. The third-order valence-corrected chi connectivity index (χ3v) is 2.78. The fourth-order valence-electron chi connectivity index (χ4n) is 1.54. The molecule has 0 aliphatic carbocycles. The lowest BCUT2D eigenvalue weighted by molar-refractivity contribution is 0.413. The Kier molecular flexibility index (Phi) is 3.03. The van der Waals surface area contributed by atoms with Gasteiger partial charge in [0.25, 0.3) is 0 Å². The maximum atomic E-state index is 5.97. The van der Waals surface area contributed by atoms with E-state index in [0.29, 0.717) is 9.79 Å². The van der Waals surface area contributed by atoms with Crippen LogP contribution in [-0.2, 0) is 0 Å². The molecule has 0 saturated carbocycles. The Labute approximate surface area is 104 Å². The van der Waals surface area contributed by atoms with E-state index in [2.05, 4.69) is 4.98 Å². The van der Waals surface area contributed by atoms with Crippen LogP contribution in [0.5, 0.6) is 5.75 Å². The van der Waals surface area contributed by atoms with E-state index in [1.807, 2.05) is 29.8 Å². The molecule has 0 radical (unpaired) electrons. The number of aromatic nitrogens is 2. The van der Waals surface area contributed by atoms with Crippen LogP contribution < -0.4 is 4.74 Å². The summed E-state index contributed by atoms with van der Waals surface area (Å²) >= 11 is 11.2. The molecule has 0 unspecified atom stereocenters. The zero-order chi connectivity index (χ0) is 11.7. The van der Waals surface area contributed by atoms with Crippen LogP contribution in [0.1, 0.15) is 5.69 Å². The zero-order valence-corrected chi connectivity index (χ0v) is 10.5. The van der Waals surface area contributed by atoms with E-state index < -0.39 is 0 Å². The number of benzene rings is 1. The summed E-state index contributed by atoms with van der Waals surface area (Å²) in [7, 11) is 1.62. The molecule has 1 aromatic carbocycles. The fourth-order valence-corrected chi connectivity index (χ4v) is 2.02. The third kappa shape index (κ3) is 1.99. The van der Waals surface area contributed by atoms with E-state index in [1.165, 1.54) is 0 Å². The van der Waals surface area contributed by atoms with Gasteiger partial charge >= 0.3 is 0 Å². The molecule has 5 heteroatoms. The lowest BCUT2D eigenvalue weighted by Crippen LogP contribution is -1.96. The number of nitrogens with one attached hydrogen (secondary N) is 1. The van der Waals surface area contributed by atoms with Crippen molar-refractivity contribution in [3.63, 3.8) is 0 Å². The van der Waals surface area contributed by atoms with Crippen molar-refractivity contribution in [2.75, 3.05) is 7.11 Å². The number of aryl methyl sites for hydroxylation is 1.